The Morgan fingerprint density at radius 1 is 1.03 bits per heavy atom. The highest BCUT2D eigenvalue weighted by molar-refractivity contribution is 5.75. The molecule has 30 heavy (non-hydrogen) atoms. The van der Waals surface area contributed by atoms with Crippen LogP contribution >= 0.6 is 0 Å². The van der Waals surface area contributed by atoms with Gasteiger partial charge in [0.1, 0.15) is 30.2 Å². The Morgan fingerprint density at radius 3 is 2.40 bits per heavy atom. The van der Waals surface area contributed by atoms with Crippen molar-refractivity contribution in [2.75, 3.05) is 0 Å². The van der Waals surface area contributed by atoms with Crippen molar-refractivity contribution in [3.63, 3.8) is 0 Å². The van der Waals surface area contributed by atoms with Gasteiger partial charge in [0, 0.05) is 0 Å². The van der Waals surface area contributed by atoms with Gasteiger partial charge in [-0.1, -0.05) is 17.3 Å². The van der Waals surface area contributed by atoms with Crippen LogP contribution in [0.1, 0.15) is 22.6 Å². The molecule has 0 spiro atoms. The van der Waals surface area contributed by atoms with E-state index in [1.54, 1.807) is 24.3 Å². The Bertz CT molecular complexity index is 1100. The molecule has 0 bridgehead atoms. The van der Waals surface area contributed by atoms with Crippen molar-refractivity contribution in [1.29, 1.82) is 0 Å². The Morgan fingerprint density at radius 2 is 1.77 bits per heavy atom. The number of hydrogen-bond acceptors (Lipinski definition) is 8. The molecule has 0 saturated carbocycles. The molecule has 2 heterocycles. The third-order valence-electron chi connectivity index (χ3n) is 4.52. The van der Waals surface area contributed by atoms with Crippen LogP contribution in [0.2, 0.25) is 0 Å². The van der Waals surface area contributed by atoms with Gasteiger partial charge >= 0.3 is 5.97 Å². The van der Waals surface area contributed by atoms with Gasteiger partial charge in [-0.15, -0.1) is 5.10 Å². The minimum Gasteiger partial charge on any atom is -0.489 e. The Kier molecular flexibility index (Phi) is 5.51. The van der Waals surface area contributed by atoms with E-state index in [0.29, 0.717) is 18.1 Å². The van der Waals surface area contributed by atoms with Gasteiger partial charge in [0.2, 0.25) is 0 Å². The van der Waals surface area contributed by atoms with E-state index in [4.69, 9.17) is 14.0 Å². The van der Waals surface area contributed by atoms with Gasteiger partial charge in [-0.3, -0.25) is 4.79 Å². The van der Waals surface area contributed by atoms with Gasteiger partial charge in [-0.05, 0) is 66.2 Å². The van der Waals surface area contributed by atoms with Crippen molar-refractivity contribution >= 4 is 5.97 Å². The number of rotatable bonds is 7. The SMILES string of the molecule is Cc1noc(C)c1COc1ccc(CC(=O)Oc2ccc(-n3cnnn3)cc2)cc1. The fraction of sp³-hybridized carbons (Fsp3) is 0.190. The van der Waals surface area contributed by atoms with Crippen molar-refractivity contribution in [2.45, 2.75) is 26.9 Å². The first-order valence-corrected chi connectivity index (χ1v) is 9.26. The van der Waals surface area contributed by atoms with Gasteiger partial charge in [0.25, 0.3) is 0 Å². The topological polar surface area (TPSA) is 105 Å². The summed E-state index contributed by atoms with van der Waals surface area (Å²) in [6.45, 7) is 4.11. The maximum absolute atomic E-state index is 12.2. The molecular formula is C21H19N5O4. The number of tetrazole rings is 1. The Labute approximate surface area is 172 Å². The maximum atomic E-state index is 12.2. The van der Waals surface area contributed by atoms with Crippen molar-refractivity contribution in [2.24, 2.45) is 0 Å². The lowest BCUT2D eigenvalue weighted by molar-refractivity contribution is -0.133. The zero-order valence-corrected chi connectivity index (χ0v) is 16.5. The molecule has 0 aliphatic heterocycles. The number of benzene rings is 2. The lowest BCUT2D eigenvalue weighted by Crippen LogP contribution is -2.11. The second-order valence-corrected chi connectivity index (χ2v) is 6.63. The van der Waals surface area contributed by atoms with Gasteiger partial charge in [-0.25, -0.2) is 4.68 Å². The first-order valence-electron chi connectivity index (χ1n) is 9.26. The number of carbonyl (C=O) groups excluding carboxylic acids is 1. The number of hydrogen-bond donors (Lipinski definition) is 0. The molecule has 0 N–H and O–H groups in total. The molecule has 0 saturated heterocycles. The molecule has 0 fully saturated rings. The lowest BCUT2D eigenvalue weighted by Gasteiger charge is -2.08. The standard InChI is InChI=1S/C21H19N5O4/c1-14-20(15(2)30-23-14)12-28-18-7-3-16(4-8-18)11-21(27)29-19-9-5-17(6-10-19)26-13-22-24-25-26/h3-10,13H,11-12H2,1-2H3. The zero-order valence-electron chi connectivity index (χ0n) is 16.5. The highest BCUT2D eigenvalue weighted by atomic mass is 16.5. The number of esters is 1. The van der Waals surface area contributed by atoms with E-state index in [0.717, 1.165) is 28.3 Å². The fourth-order valence-corrected chi connectivity index (χ4v) is 2.85. The summed E-state index contributed by atoms with van der Waals surface area (Å²) in [5, 5.41) is 14.9. The molecule has 2 aromatic carbocycles. The number of ether oxygens (including phenoxy) is 2. The average Bonchev–Trinajstić information content (AvgIpc) is 3.39. The summed E-state index contributed by atoms with van der Waals surface area (Å²) >= 11 is 0. The third kappa shape index (κ3) is 4.52. The number of aryl methyl sites for hydroxylation is 2. The van der Waals surface area contributed by atoms with E-state index in [2.05, 4.69) is 20.7 Å². The molecule has 0 atom stereocenters. The molecule has 152 valence electrons. The molecule has 0 radical (unpaired) electrons. The first kappa shape index (κ1) is 19.3. The maximum Gasteiger partial charge on any atom is 0.315 e. The largest absolute Gasteiger partial charge is 0.489 e. The summed E-state index contributed by atoms with van der Waals surface area (Å²) < 4.78 is 17.8. The van der Waals surface area contributed by atoms with E-state index in [1.807, 2.05) is 38.1 Å². The molecule has 0 aliphatic carbocycles. The Hall–Kier alpha value is -4.01. The van der Waals surface area contributed by atoms with Crippen LogP contribution in [0.15, 0.2) is 59.4 Å². The predicted molar refractivity (Wildman–Crippen MR) is 105 cm³/mol. The van der Waals surface area contributed by atoms with Crippen LogP contribution in [-0.2, 0) is 17.8 Å². The molecule has 0 unspecified atom stereocenters. The van der Waals surface area contributed by atoms with Gasteiger partial charge < -0.3 is 14.0 Å². The minimum absolute atomic E-state index is 0.152. The molecule has 9 heteroatoms. The van der Waals surface area contributed by atoms with Gasteiger partial charge in [0.15, 0.2) is 0 Å². The van der Waals surface area contributed by atoms with Crippen LogP contribution in [0, 0.1) is 13.8 Å². The monoisotopic (exact) mass is 405 g/mol. The second kappa shape index (κ2) is 8.56. The van der Waals surface area contributed by atoms with Crippen molar-refractivity contribution in [1.82, 2.24) is 25.4 Å². The summed E-state index contributed by atoms with van der Waals surface area (Å²) in [5.74, 6) is 1.55. The molecule has 4 rings (SSSR count). The van der Waals surface area contributed by atoms with E-state index in [1.165, 1.54) is 11.0 Å². The minimum atomic E-state index is -0.352. The predicted octanol–water partition coefficient (Wildman–Crippen LogP) is 2.99. The summed E-state index contributed by atoms with van der Waals surface area (Å²) in [6, 6.07) is 14.2. The summed E-state index contributed by atoms with van der Waals surface area (Å²) in [6.07, 6.45) is 1.64. The quantitative estimate of drug-likeness (QED) is 0.341. The number of nitrogens with zero attached hydrogens (tertiary/aromatic N) is 5. The van der Waals surface area contributed by atoms with Crippen molar-refractivity contribution in [3.8, 4) is 17.2 Å². The highest BCUT2D eigenvalue weighted by Gasteiger charge is 2.10. The molecule has 0 amide bonds. The van der Waals surface area contributed by atoms with E-state index >= 15 is 0 Å². The molecule has 0 aliphatic rings. The van der Waals surface area contributed by atoms with E-state index in [9.17, 15) is 4.79 Å². The van der Waals surface area contributed by atoms with Crippen LogP contribution in [0.4, 0.5) is 0 Å². The van der Waals surface area contributed by atoms with E-state index < -0.39 is 0 Å². The van der Waals surface area contributed by atoms with Crippen LogP contribution in [0.3, 0.4) is 0 Å². The molecular weight excluding hydrogens is 386 g/mol. The molecule has 4 aromatic rings. The smallest absolute Gasteiger partial charge is 0.315 e. The van der Waals surface area contributed by atoms with Crippen molar-refractivity contribution < 1.29 is 18.8 Å². The average molecular weight is 405 g/mol. The first-order chi connectivity index (χ1) is 14.6. The summed E-state index contributed by atoms with van der Waals surface area (Å²) in [4.78, 5) is 12.2. The van der Waals surface area contributed by atoms with Gasteiger partial charge in [0.05, 0.1) is 23.4 Å². The van der Waals surface area contributed by atoms with Gasteiger partial charge in [-0.2, -0.15) is 0 Å². The Balaban J connectivity index is 1.30. The molecule has 2 aromatic heterocycles. The highest BCUT2D eigenvalue weighted by Crippen LogP contribution is 2.19. The fourth-order valence-electron chi connectivity index (χ4n) is 2.85. The van der Waals surface area contributed by atoms with Crippen LogP contribution in [0.25, 0.3) is 5.69 Å². The summed E-state index contributed by atoms with van der Waals surface area (Å²) in [5.41, 5.74) is 3.36. The van der Waals surface area contributed by atoms with Crippen molar-refractivity contribution in [3.05, 3.63) is 77.4 Å². The van der Waals surface area contributed by atoms with Crippen LogP contribution in [0.5, 0.6) is 11.5 Å². The lowest BCUT2D eigenvalue weighted by atomic mass is 10.1. The molecule has 9 nitrogen and oxygen atoms in total. The third-order valence-corrected chi connectivity index (χ3v) is 4.52. The number of aromatic nitrogens is 5. The normalized spacial score (nSPS) is 10.7. The summed E-state index contributed by atoms with van der Waals surface area (Å²) in [7, 11) is 0. The number of carbonyl (C=O) groups is 1. The second-order valence-electron chi connectivity index (χ2n) is 6.63. The zero-order chi connectivity index (χ0) is 20.9. The van der Waals surface area contributed by atoms with Crippen LogP contribution in [-0.4, -0.2) is 31.3 Å². The van der Waals surface area contributed by atoms with E-state index in [-0.39, 0.29) is 12.4 Å². The van der Waals surface area contributed by atoms with Crippen LogP contribution < -0.4 is 9.47 Å².